The average molecular weight is 447 g/mol. The van der Waals surface area contributed by atoms with Gasteiger partial charge in [0.25, 0.3) is 0 Å². The van der Waals surface area contributed by atoms with Crippen molar-refractivity contribution in [2.75, 3.05) is 12.4 Å². The predicted molar refractivity (Wildman–Crippen MR) is 119 cm³/mol. The Morgan fingerprint density at radius 1 is 1.13 bits per heavy atom. The third kappa shape index (κ3) is 7.21. The second-order valence-corrected chi connectivity index (χ2v) is 8.79. The molecule has 0 bridgehead atoms. The lowest BCUT2D eigenvalue weighted by molar-refractivity contribution is 0.0525. The molecule has 3 aromatic rings. The number of furan rings is 1. The van der Waals surface area contributed by atoms with Gasteiger partial charge in [-0.2, -0.15) is 0 Å². The Bertz CT molecular complexity index is 1060. The number of sulfone groups is 1. The Kier molecular flexibility index (Phi) is 8.89. The standard InChI is InChI=1S/C17H18O5S.C6H5Cl/c1-3-9-23(19,20)12-15-6-5-13(14-7-8-21-11-14)10-16(15)17(18)22-4-2;7-6-4-2-1-3-5-6/h3,5-8,10-11H,1,4,9,12H2,2H3;1-5H. The van der Waals surface area contributed by atoms with Gasteiger partial charge in [-0.3, -0.25) is 0 Å². The van der Waals surface area contributed by atoms with Crippen LogP contribution in [0.3, 0.4) is 0 Å². The summed E-state index contributed by atoms with van der Waals surface area (Å²) in [7, 11) is -3.37. The average Bonchev–Trinajstić information content (AvgIpc) is 3.24. The third-order valence-corrected chi connectivity index (χ3v) is 5.69. The molecule has 0 spiro atoms. The largest absolute Gasteiger partial charge is 0.472 e. The van der Waals surface area contributed by atoms with E-state index in [4.69, 9.17) is 20.8 Å². The summed E-state index contributed by atoms with van der Waals surface area (Å²) in [6.07, 6.45) is 4.42. The Hall–Kier alpha value is -2.83. The van der Waals surface area contributed by atoms with E-state index in [1.807, 2.05) is 30.3 Å². The van der Waals surface area contributed by atoms with Crippen LogP contribution in [-0.4, -0.2) is 26.7 Å². The number of halogens is 1. The lowest BCUT2D eigenvalue weighted by Crippen LogP contribution is -2.13. The zero-order chi connectivity index (χ0) is 22.0. The topological polar surface area (TPSA) is 73.6 Å². The van der Waals surface area contributed by atoms with Gasteiger partial charge >= 0.3 is 5.97 Å². The zero-order valence-electron chi connectivity index (χ0n) is 16.6. The molecule has 158 valence electrons. The highest BCUT2D eigenvalue weighted by atomic mass is 35.5. The van der Waals surface area contributed by atoms with Crippen LogP contribution in [0.5, 0.6) is 0 Å². The van der Waals surface area contributed by atoms with Gasteiger partial charge in [0.15, 0.2) is 9.84 Å². The van der Waals surface area contributed by atoms with E-state index in [0.717, 1.165) is 16.1 Å². The van der Waals surface area contributed by atoms with Gasteiger partial charge in [-0.1, -0.05) is 48.0 Å². The van der Waals surface area contributed by atoms with Gasteiger partial charge in [-0.05, 0) is 42.3 Å². The quantitative estimate of drug-likeness (QED) is 0.350. The van der Waals surface area contributed by atoms with Crippen molar-refractivity contribution in [3.8, 4) is 11.1 Å². The number of carbonyl (C=O) groups excluding carboxylic acids is 1. The molecule has 0 saturated carbocycles. The van der Waals surface area contributed by atoms with E-state index in [2.05, 4.69) is 6.58 Å². The second-order valence-electron chi connectivity index (χ2n) is 6.24. The monoisotopic (exact) mass is 446 g/mol. The first-order chi connectivity index (χ1) is 14.4. The molecule has 0 aliphatic rings. The Morgan fingerprint density at radius 3 is 2.40 bits per heavy atom. The van der Waals surface area contributed by atoms with Crippen molar-refractivity contribution in [3.63, 3.8) is 0 Å². The normalized spacial score (nSPS) is 10.6. The number of carbonyl (C=O) groups is 1. The third-order valence-electron chi connectivity index (χ3n) is 3.94. The van der Waals surface area contributed by atoms with Crippen molar-refractivity contribution < 1.29 is 22.4 Å². The van der Waals surface area contributed by atoms with Crippen LogP contribution in [0.15, 0.2) is 84.2 Å². The summed E-state index contributed by atoms with van der Waals surface area (Å²) in [5, 5.41) is 0.794. The van der Waals surface area contributed by atoms with Crippen molar-refractivity contribution in [2.45, 2.75) is 12.7 Å². The molecule has 0 aliphatic carbocycles. The molecule has 1 heterocycles. The summed E-state index contributed by atoms with van der Waals surface area (Å²) in [4.78, 5) is 12.2. The summed E-state index contributed by atoms with van der Waals surface area (Å²) in [5.41, 5.74) is 2.22. The highest BCUT2D eigenvalue weighted by Gasteiger charge is 2.19. The molecule has 1 aromatic heterocycles. The van der Waals surface area contributed by atoms with E-state index in [1.54, 1.807) is 37.5 Å². The lowest BCUT2D eigenvalue weighted by atomic mass is 10.0. The minimum Gasteiger partial charge on any atom is -0.472 e. The van der Waals surface area contributed by atoms with Crippen molar-refractivity contribution in [1.82, 2.24) is 0 Å². The molecular weight excluding hydrogens is 424 g/mol. The number of esters is 1. The minimum absolute atomic E-state index is 0.140. The molecule has 0 aliphatic heterocycles. The van der Waals surface area contributed by atoms with E-state index >= 15 is 0 Å². The number of ether oxygens (including phenoxy) is 1. The summed E-state index contributed by atoms with van der Waals surface area (Å²) in [5.74, 6) is -0.918. The first-order valence-corrected chi connectivity index (χ1v) is 11.4. The zero-order valence-corrected chi connectivity index (χ0v) is 18.2. The number of hydrogen-bond donors (Lipinski definition) is 0. The molecule has 0 radical (unpaired) electrons. The van der Waals surface area contributed by atoms with Crippen molar-refractivity contribution in [2.24, 2.45) is 0 Å². The Morgan fingerprint density at radius 2 is 1.87 bits per heavy atom. The summed E-state index contributed by atoms with van der Waals surface area (Å²) < 4.78 is 34.1. The molecule has 0 fully saturated rings. The van der Waals surface area contributed by atoms with Crippen molar-refractivity contribution in [1.29, 1.82) is 0 Å². The van der Waals surface area contributed by atoms with Gasteiger partial charge in [0, 0.05) is 10.6 Å². The second kappa shape index (κ2) is 11.4. The summed E-state index contributed by atoms with van der Waals surface area (Å²) in [6.45, 7) is 5.36. The molecule has 5 nitrogen and oxygen atoms in total. The van der Waals surface area contributed by atoms with E-state index in [1.165, 1.54) is 12.3 Å². The summed E-state index contributed by atoms with van der Waals surface area (Å²) in [6, 6.07) is 16.2. The molecule has 7 heteroatoms. The van der Waals surface area contributed by atoms with Crippen LogP contribution in [0.1, 0.15) is 22.8 Å². The molecule has 30 heavy (non-hydrogen) atoms. The van der Waals surface area contributed by atoms with Crippen LogP contribution in [0.2, 0.25) is 5.02 Å². The fourth-order valence-corrected chi connectivity index (χ4v) is 3.95. The van der Waals surface area contributed by atoms with Crippen LogP contribution in [0.4, 0.5) is 0 Å². The fourth-order valence-electron chi connectivity index (χ4n) is 2.60. The molecule has 0 N–H and O–H groups in total. The molecular formula is C23H23ClO5S. The maximum atomic E-state index is 12.2. The van der Waals surface area contributed by atoms with E-state index < -0.39 is 15.8 Å². The molecule has 0 amide bonds. The van der Waals surface area contributed by atoms with Crippen LogP contribution in [0.25, 0.3) is 11.1 Å². The van der Waals surface area contributed by atoms with E-state index in [9.17, 15) is 13.2 Å². The maximum absolute atomic E-state index is 12.2. The smallest absolute Gasteiger partial charge is 0.338 e. The first kappa shape index (κ1) is 23.4. The SMILES string of the molecule is C=CCS(=O)(=O)Cc1ccc(-c2ccoc2)cc1C(=O)OCC.Clc1ccccc1. The van der Waals surface area contributed by atoms with Gasteiger partial charge in [-0.25, -0.2) is 13.2 Å². The van der Waals surface area contributed by atoms with Crippen LogP contribution >= 0.6 is 11.6 Å². The lowest BCUT2D eigenvalue weighted by Gasteiger charge is -2.11. The number of benzene rings is 2. The predicted octanol–water partition coefficient (Wildman–Crippen LogP) is 5.56. The fraction of sp³-hybridized carbons (Fsp3) is 0.174. The Labute approximate surface area is 181 Å². The van der Waals surface area contributed by atoms with Gasteiger partial charge in [0.2, 0.25) is 0 Å². The van der Waals surface area contributed by atoms with Gasteiger partial charge in [-0.15, -0.1) is 6.58 Å². The molecule has 0 unspecified atom stereocenters. The van der Waals surface area contributed by atoms with Gasteiger partial charge in [0.05, 0.1) is 36.2 Å². The van der Waals surface area contributed by atoms with Crippen LogP contribution in [-0.2, 0) is 20.3 Å². The number of hydrogen-bond acceptors (Lipinski definition) is 5. The molecule has 0 atom stereocenters. The van der Waals surface area contributed by atoms with E-state index in [0.29, 0.717) is 5.56 Å². The molecule has 3 rings (SSSR count). The maximum Gasteiger partial charge on any atom is 0.338 e. The molecule has 2 aromatic carbocycles. The minimum atomic E-state index is -3.37. The van der Waals surface area contributed by atoms with Gasteiger partial charge in [0.1, 0.15) is 0 Å². The first-order valence-electron chi connectivity index (χ1n) is 9.20. The van der Waals surface area contributed by atoms with Crippen LogP contribution in [0, 0.1) is 0 Å². The van der Waals surface area contributed by atoms with Crippen molar-refractivity contribution >= 4 is 27.4 Å². The Balaban J connectivity index is 0.000000386. The van der Waals surface area contributed by atoms with Gasteiger partial charge < -0.3 is 9.15 Å². The van der Waals surface area contributed by atoms with Crippen LogP contribution < -0.4 is 0 Å². The van der Waals surface area contributed by atoms with E-state index in [-0.39, 0.29) is 23.7 Å². The highest BCUT2D eigenvalue weighted by Crippen LogP contribution is 2.25. The number of rotatable bonds is 7. The van der Waals surface area contributed by atoms with Crippen molar-refractivity contribution in [3.05, 3.63) is 95.9 Å². The molecule has 0 saturated heterocycles. The summed E-state index contributed by atoms with van der Waals surface area (Å²) >= 11 is 5.54. The highest BCUT2D eigenvalue weighted by molar-refractivity contribution is 7.90.